The molecule has 20 heavy (non-hydrogen) atoms. The summed E-state index contributed by atoms with van der Waals surface area (Å²) in [7, 11) is -3.73. The van der Waals surface area contributed by atoms with Crippen LogP contribution in [-0.4, -0.2) is 13.5 Å². The van der Waals surface area contributed by atoms with E-state index in [9.17, 15) is 12.8 Å². The quantitative estimate of drug-likeness (QED) is 0.701. The van der Waals surface area contributed by atoms with Crippen molar-refractivity contribution in [1.82, 2.24) is 0 Å². The second kappa shape index (κ2) is 4.54. The fourth-order valence-corrected chi connectivity index (χ4v) is 3.91. The Morgan fingerprint density at radius 2 is 1.70 bits per heavy atom. The zero-order valence-electron chi connectivity index (χ0n) is 10.4. The highest BCUT2D eigenvalue weighted by atomic mass is 32.2. The molecule has 0 fully saturated rings. The van der Waals surface area contributed by atoms with E-state index in [1.807, 2.05) is 0 Å². The summed E-state index contributed by atoms with van der Waals surface area (Å²) in [5, 5.41) is 9.15. The maximum absolute atomic E-state index is 13.3. The number of halogens is 1. The average Bonchev–Trinajstić information content (AvgIpc) is 2.54. The first-order valence-electron chi connectivity index (χ1n) is 5.99. The molecule has 3 rings (SSSR count). The van der Waals surface area contributed by atoms with E-state index in [1.54, 1.807) is 24.3 Å². The molecule has 1 N–H and O–H groups in total. The first kappa shape index (κ1) is 13.0. The Kier molecular flexibility index (Phi) is 2.96. The van der Waals surface area contributed by atoms with Crippen LogP contribution in [0, 0.1) is 5.82 Å². The summed E-state index contributed by atoms with van der Waals surface area (Å²) < 4.78 is 38.6. The molecule has 1 aliphatic heterocycles. The van der Waals surface area contributed by atoms with Crippen molar-refractivity contribution in [2.75, 3.05) is 0 Å². The molecule has 5 heteroatoms. The van der Waals surface area contributed by atoms with Crippen LogP contribution in [-0.2, 0) is 16.4 Å². The third kappa shape index (κ3) is 1.95. The largest absolute Gasteiger partial charge is 0.392 e. The van der Waals surface area contributed by atoms with Gasteiger partial charge in [0.1, 0.15) is 5.82 Å². The number of fused-ring (bicyclic) bond motifs is 2. The molecule has 0 atom stereocenters. The monoisotopic (exact) mass is 290 g/mol. The summed E-state index contributed by atoms with van der Waals surface area (Å²) in [5.74, 6) is -0.481. The van der Waals surface area contributed by atoms with Gasteiger partial charge in [-0.1, -0.05) is 24.3 Å². The Bertz CT molecular complexity index is 823. The number of hydrogen-bond donors (Lipinski definition) is 1. The second-order valence-electron chi connectivity index (χ2n) is 4.55. The lowest BCUT2D eigenvalue weighted by Crippen LogP contribution is -2.05. The molecule has 0 bridgehead atoms. The van der Waals surface area contributed by atoms with E-state index in [2.05, 4.69) is 0 Å². The molecule has 2 aromatic rings. The van der Waals surface area contributed by atoms with Crippen molar-refractivity contribution in [3.63, 3.8) is 0 Å². The highest BCUT2D eigenvalue weighted by Crippen LogP contribution is 2.33. The van der Waals surface area contributed by atoms with Crippen LogP contribution in [0.1, 0.15) is 16.7 Å². The van der Waals surface area contributed by atoms with Gasteiger partial charge in [-0.3, -0.25) is 0 Å². The summed E-state index contributed by atoms with van der Waals surface area (Å²) in [4.78, 5) is 0.203. The zero-order chi connectivity index (χ0) is 14.3. The molecule has 0 saturated heterocycles. The number of hydrogen-bond acceptors (Lipinski definition) is 3. The van der Waals surface area contributed by atoms with E-state index in [0.29, 0.717) is 16.7 Å². The number of rotatable bonds is 1. The molecule has 0 saturated carbocycles. The molecule has 102 valence electrons. The third-order valence-electron chi connectivity index (χ3n) is 3.25. The van der Waals surface area contributed by atoms with Gasteiger partial charge >= 0.3 is 0 Å². The van der Waals surface area contributed by atoms with Gasteiger partial charge in [-0.25, -0.2) is 12.8 Å². The number of benzene rings is 2. The minimum absolute atomic E-state index is 0.0731. The number of aliphatic hydroxyl groups excluding tert-OH is 1. The van der Waals surface area contributed by atoms with Crippen molar-refractivity contribution in [3.8, 4) is 0 Å². The summed E-state index contributed by atoms with van der Waals surface area (Å²) in [6.07, 6.45) is 3.22. The molecule has 0 aliphatic carbocycles. The van der Waals surface area contributed by atoms with Crippen molar-refractivity contribution < 1.29 is 17.9 Å². The minimum Gasteiger partial charge on any atom is -0.392 e. The van der Waals surface area contributed by atoms with Gasteiger partial charge in [-0.15, -0.1) is 0 Å². The van der Waals surface area contributed by atoms with Gasteiger partial charge in [0.25, 0.3) is 0 Å². The van der Waals surface area contributed by atoms with E-state index in [4.69, 9.17) is 5.11 Å². The van der Waals surface area contributed by atoms with Crippen LogP contribution in [0.4, 0.5) is 4.39 Å². The summed E-state index contributed by atoms with van der Waals surface area (Å²) in [6, 6.07) is 8.35. The highest BCUT2D eigenvalue weighted by Gasteiger charge is 2.25. The van der Waals surface area contributed by atoms with Crippen LogP contribution in [0.25, 0.3) is 12.2 Å². The minimum atomic E-state index is -3.73. The van der Waals surface area contributed by atoms with E-state index in [0.717, 1.165) is 6.07 Å². The van der Waals surface area contributed by atoms with Gasteiger partial charge < -0.3 is 5.11 Å². The first-order chi connectivity index (χ1) is 9.52. The normalized spacial score (nSPS) is 15.3. The Labute approximate surface area is 115 Å². The Balaban J connectivity index is 2.34. The fraction of sp³-hybridized carbons (Fsp3) is 0.0667. The van der Waals surface area contributed by atoms with Gasteiger partial charge in [0.05, 0.1) is 16.4 Å². The maximum atomic E-state index is 13.3. The van der Waals surface area contributed by atoms with E-state index >= 15 is 0 Å². The lowest BCUT2D eigenvalue weighted by Gasteiger charge is -2.09. The summed E-state index contributed by atoms with van der Waals surface area (Å²) in [5.41, 5.74) is 1.37. The molecule has 0 radical (unpaired) electrons. The summed E-state index contributed by atoms with van der Waals surface area (Å²) >= 11 is 0. The van der Waals surface area contributed by atoms with E-state index in [-0.39, 0.29) is 16.4 Å². The molecule has 1 aliphatic rings. The fourth-order valence-electron chi connectivity index (χ4n) is 2.24. The lowest BCUT2D eigenvalue weighted by atomic mass is 10.1. The second-order valence-corrected chi connectivity index (χ2v) is 6.44. The molecule has 2 aromatic carbocycles. The molecule has 3 nitrogen and oxygen atoms in total. The third-order valence-corrected chi connectivity index (χ3v) is 5.14. The number of sulfone groups is 1. The topological polar surface area (TPSA) is 54.4 Å². The first-order valence-corrected chi connectivity index (χ1v) is 7.47. The van der Waals surface area contributed by atoms with Crippen molar-refractivity contribution in [2.24, 2.45) is 0 Å². The number of aliphatic hydroxyl groups is 1. The van der Waals surface area contributed by atoms with Crippen molar-refractivity contribution in [2.45, 2.75) is 16.4 Å². The standard InChI is InChI=1S/C15H11FO3S/c16-13-5-6-14-12(8-13)4-3-11-2-1-10(9-17)7-15(11)20(14,18)19/h1-8,17H,9H2. The molecular formula is C15H11FO3S. The Hall–Kier alpha value is -1.98. The average molecular weight is 290 g/mol. The van der Waals surface area contributed by atoms with E-state index < -0.39 is 15.7 Å². The van der Waals surface area contributed by atoms with Crippen molar-refractivity contribution >= 4 is 22.0 Å². The Morgan fingerprint density at radius 1 is 0.950 bits per heavy atom. The van der Waals surface area contributed by atoms with Crippen LogP contribution < -0.4 is 0 Å². The predicted molar refractivity (Wildman–Crippen MR) is 73.1 cm³/mol. The lowest BCUT2D eigenvalue weighted by molar-refractivity contribution is 0.281. The van der Waals surface area contributed by atoms with Crippen LogP contribution in [0.2, 0.25) is 0 Å². The van der Waals surface area contributed by atoms with Crippen LogP contribution in [0.15, 0.2) is 46.2 Å². The molecular weight excluding hydrogens is 279 g/mol. The summed E-state index contributed by atoms with van der Waals surface area (Å²) in [6.45, 7) is -0.233. The predicted octanol–water partition coefficient (Wildman–Crippen LogP) is 2.63. The zero-order valence-corrected chi connectivity index (χ0v) is 11.2. The van der Waals surface area contributed by atoms with Gasteiger partial charge in [-0.05, 0) is 41.0 Å². The molecule has 0 unspecified atom stereocenters. The van der Waals surface area contributed by atoms with Crippen LogP contribution >= 0.6 is 0 Å². The van der Waals surface area contributed by atoms with Gasteiger partial charge in [0.2, 0.25) is 9.84 Å². The molecule has 0 amide bonds. The maximum Gasteiger partial charge on any atom is 0.207 e. The van der Waals surface area contributed by atoms with Gasteiger partial charge in [-0.2, -0.15) is 0 Å². The SMILES string of the molecule is O=S1(=O)c2ccc(F)cc2C=Cc2ccc(CO)cc21. The van der Waals surface area contributed by atoms with E-state index in [1.165, 1.54) is 18.2 Å². The van der Waals surface area contributed by atoms with Gasteiger partial charge in [0.15, 0.2) is 0 Å². The molecule has 1 heterocycles. The van der Waals surface area contributed by atoms with Crippen molar-refractivity contribution in [1.29, 1.82) is 0 Å². The van der Waals surface area contributed by atoms with Crippen LogP contribution in [0.5, 0.6) is 0 Å². The van der Waals surface area contributed by atoms with Gasteiger partial charge in [0, 0.05) is 0 Å². The van der Waals surface area contributed by atoms with Crippen LogP contribution in [0.3, 0.4) is 0 Å². The van der Waals surface area contributed by atoms with Crippen molar-refractivity contribution in [3.05, 3.63) is 58.9 Å². The Morgan fingerprint density at radius 3 is 2.45 bits per heavy atom. The molecule has 0 spiro atoms. The highest BCUT2D eigenvalue weighted by molar-refractivity contribution is 7.91. The molecule has 0 aromatic heterocycles. The smallest absolute Gasteiger partial charge is 0.207 e.